The molecule has 6 aromatic rings. The van der Waals surface area contributed by atoms with Crippen molar-refractivity contribution in [2.24, 2.45) is 5.10 Å². The third-order valence-corrected chi connectivity index (χ3v) is 5.63. The Morgan fingerprint density at radius 1 is 0.853 bits per heavy atom. The van der Waals surface area contributed by atoms with Gasteiger partial charge in [-0.3, -0.25) is 0 Å². The number of aromatic nitrogens is 4. The Labute approximate surface area is 195 Å². The molecule has 0 bridgehead atoms. The second-order valence-corrected chi connectivity index (χ2v) is 7.87. The molecule has 0 atom stereocenters. The van der Waals surface area contributed by atoms with E-state index in [4.69, 9.17) is 4.74 Å². The van der Waals surface area contributed by atoms with E-state index in [1.165, 1.54) is 10.8 Å². The SMILES string of the molecule is C(=NNc1nnc2c(n1)[nH]c1ccccc12)c1cccc(OCc2cccc3ccccc23)c1. The van der Waals surface area contributed by atoms with E-state index in [1.54, 1.807) is 6.21 Å². The van der Waals surface area contributed by atoms with E-state index in [0.29, 0.717) is 18.2 Å². The maximum atomic E-state index is 6.06. The van der Waals surface area contributed by atoms with Crippen LogP contribution in [0.1, 0.15) is 11.1 Å². The zero-order chi connectivity index (χ0) is 22.7. The fourth-order valence-corrected chi connectivity index (χ4v) is 4.00. The van der Waals surface area contributed by atoms with Crippen LogP contribution in [0.4, 0.5) is 5.95 Å². The molecule has 0 spiro atoms. The minimum absolute atomic E-state index is 0.318. The van der Waals surface area contributed by atoms with Gasteiger partial charge in [-0.1, -0.05) is 72.8 Å². The van der Waals surface area contributed by atoms with Crippen LogP contribution in [0.15, 0.2) is 96.1 Å². The van der Waals surface area contributed by atoms with Gasteiger partial charge in [-0.2, -0.15) is 10.1 Å². The highest BCUT2D eigenvalue weighted by Crippen LogP contribution is 2.22. The lowest BCUT2D eigenvalue weighted by Crippen LogP contribution is -1.99. The Hall–Kier alpha value is -4.78. The average Bonchev–Trinajstić information content (AvgIpc) is 3.25. The molecule has 7 nitrogen and oxygen atoms in total. The van der Waals surface area contributed by atoms with Gasteiger partial charge < -0.3 is 9.72 Å². The fraction of sp³-hybridized carbons (Fsp3) is 0.0370. The molecule has 4 aromatic carbocycles. The second kappa shape index (κ2) is 8.63. The molecule has 0 amide bonds. The highest BCUT2D eigenvalue weighted by atomic mass is 16.5. The molecular weight excluding hydrogens is 424 g/mol. The summed E-state index contributed by atoms with van der Waals surface area (Å²) < 4.78 is 6.06. The minimum atomic E-state index is 0.318. The minimum Gasteiger partial charge on any atom is -0.489 e. The van der Waals surface area contributed by atoms with Gasteiger partial charge in [0.2, 0.25) is 0 Å². The number of anilines is 1. The lowest BCUT2D eigenvalue weighted by molar-refractivity contribution is 0.307. The Morgan fingerprint density at radius 2 is 1.68 bits per heavy atom. The molecule has 0 unspecified atom stereocenters. The molecule has 0 aliphatic carbocycles. The summed E-state index contributed by atoms with van der Waals surface area (Å²) in [5, 5.41) is 16.1. The van der Waals surface area contributed by atoms with Crippen molar-refractivity contribution < 1.29 is 4.74 Å². The van der Waals surface area contributed by atoms with Crippen LogP contribution in [-0.2, 0) is 6.61 Å². The van der Waals surface area contributed by atoms with E-state index in [1.807, 2.05) is 60.7 Å². The first-order chi connectivity index (χ1) is 16.8. The molecule has 0 saturated heterocycles. The third kappa shape index (κ3) is 3.91. The first-order valence-electron chi connectivity index (χ1n) is 10.9. The molecule has 0 saturated carbocycles. The molecule has 2 aromatic heterocycles. The Bertz CT molecular complexity index is 1650. The van der Waals surface area contributed by atoms with Gasteiger partial charge in [0.1, 0.15) is 17.9 Å². The molecular formula is C27H20N6O. The number of fused-ring (bicyclic) bond motifs is 4. The molecule has 2 heterocycles. The third-order valence-electron chi connectivity index (χ3n) is 5.63. The predicted octanol–water partition coefficient (Wildman–Crippen LogP) is 5.68. The van der Waals surface area contributed by atoms with E-state index >= 15 is 0 Å². The van der Waals surface area contributed by atoms with Crippen LogP contribution < -0.4 is 10.2 Å². The van der Waals surface area contributed by atoms with Crippen molar-refractivity contribution in [3.8, 4) is 5.75 Å². The van der Waals surface area contributed by atoms with Crippen LogP contribution in [-0.4, -0.2) is 26.4 Å². The maximum absolute atomic E-state index is 6.06. The Balaban J connectivity index is 1.15. The highest BCUT2D eigenvalue weighted by molar-refractivity contribution is 6.03. The lowest BCUT2D eigenvalue weighted by atomic mass is 10.1. The molecule has 2 N–H and O–H groups in total. The smallest absolute Gasteiger partial charge is 0.265 e. The molecule has 0 aliphatic rings. The van der Waals surface area contributed by atoms with E-state index in [9.17, 15) is 0 Å². The molecule has 7 heteroatoms. The molecule has 0 radical (unpaired) electrons. The van der Waals surface area contributed by atoms with Gasteiger partial charge >= 0.3 is 0 Å². The van der Waals surface area contributed by atoms with Gasteiger partial charge in [0.15, 0.2) is 5.65 Å². The number of nitrogens with zero attached hydrogens (tertiary/aromatic N) is 4. The summed E-state index contributed by atoms with van der Waals surface area (Å²) in [5.41, 5.74) is 7.27. The number of aromatic amines is 1. The number of rotatable bonds is 6. The first-order valence-corrected chi connectivity index (χ1v) is 10.9. The summed E-state index contributed by atoms with van der Waals surface area (Å²) in [5.74, 6) is 1.09. The van der Waals surface area contributed by atoms with Gasteiger partial charge in [-0.15, -0.1) is 10.2 Å². The van der Waals surface area contributed by atoms with E-state index < -0.39 is 0 Å². The van der Waals surface area contributed by atoms with Crippen LogP contribution in [0.5, 0.6) is 5.75 Å². The van der Waals surface area contributed by atoms with Gasteiger partial charge in [0.05, 0.1) is 6.21 Å². The number of benzene rings is 4. The summed E-state index contributed by atoms with van der Waals surface area (Å²) in [6, 6.07) is 30.3. The van der Waals surface area contributed by atoms with E-state index in [0.717, 1.165) is 33.3 Å². The number of ether oxygens (including phenoxy) is 1. The van der Waals surface area contributed by atoms with Gasteiger partial charge in [-0.25, -0.2) is 5.43 Å². The van der Waals surface area contributed by atoms with Crippen LogP contribution in [0.3, 0.4) is 0 Å². The van der Waals surface area contributed by atoms with Crippen molar-refractivity contribution in [1.29, 1.82) is 0 Å². The predicted molar refractivity (Wildman–Crippen MR) is 135 cm³/mol. The van der Waals surface area contributed by atoms with Crippen molar-refractivity contribution in [3.63, 3.8) is 0 Å². The van der Waals surface area contributed by atoms with Crippen LogP contribution in [0, 0.1) is 0 Å². The van der Waals surface area contributed by atoms with Gasteiger partial charge in [-0.05, 0) is 40.1 Å². The summed E-state index contributed by atoms with van der Waals surface area (Å²) >= 11 is 0. The molecule has 0 aliphatic heterocycles. The quantitative estimate of drug-likeness (QED) is 0.255. The van der Waals surface area contributed by atoms with Gasteiger partial charge in [0.25, 0.3) is 5.95 Å². The number of para-hydroxylation sites is 1. The average molecular weight is 444 g/mol. The monoisotopic (exact) mass is 444 g/mol. The summed E-state index contributed by atoms with van der Waals surface area (Å²) in [4.78, 5) is 7.72. The van der Waals surface area contributed by atoms with Crippen molar-refractivity contribution in [2.75, 3.05) is 5.43 Å². The van der Waals surface area contributed by atoms with Crippen molar-refractivity contribution >= 4 is 45.0 Å². The van der Waals surface area contributed by atoms with Gasteiger partial charge in [0, 0.05) is 10.9 Å². The summed E-state index contributed by atoms with van der Waals surface area (Å²) in [6.07, 6.45) is 1.70. The maximum Gasteiger partial charge on any atom is 0.265 e. The largest absolute Gasteiger partial charge is 0.489 e. The molecule has 164 valence electrons. The first kappa shape index (κ1) is 19.9. The number of H-pyrrole nitrogens is 1. The second-order valence-electron chi connectivity index (χ2n) is 7.87. The normalized spacial score (nSPS) is 11.5. The number of hydrogen-bond acceptors (Lipinski definition) is 6. The molecule has 0 fully saturated rings. The number of hydrazone groups is 1. The van der Waals surface area contributed by atoms with E-state index in [2.05, 4.69) is 61.0 Å². The van der Waals surface area contributed by atoms with E-state index in [-0.39, 0.29) is 0 Å². The number of nitrogens with one attached hydrogen (secondary N) is 2. The Kier molecular flexibility index (Phi) is 5.04. The number of hydrogen-bond donors (Lipinski definition) is 2. The topological polar surface area (TPSA) is 88.1 Å². The van der Waals surface area contributed by atoms with Crippen LogP contribution >= 0.6 is 0 Å². The van der Waals surface area contributed by atoms with Crippen molar-refractivity contribution in [3.05, 3.63) is 102 Å². The van der Waals surface area contributed by atoms with Crippen molar-refractivity contribution in [2.45, 2.75) is 6.61 Å². The Morgan fingerprint density at radius 3 is 2.65 bits per heavy atom. The molecule has 34 heavy (non-hydrogen) atoms. The zero-order valence-corrected chi connectivity index (χ0v) is 18.1. The standard InChI is InChI=1S/C27H20N6O/c1-2-12-22-19(8-1)9-6-10-20(22)17-34-21-11-5-7-18(15-21)16-28-32-27-30-26-25(31-33-27)23-13-3-4-14-24(23)29-26/h1-16H,17H2,(H2,29,30,32,33). The highest BCUT2D eigenvalue weighted by Gasteiger charge is 2.08. The fourth-order valence-electron chi connectivity index (χ4n) is 4.00. The lowest BCUT2D eigenvalue weighted by Gasteiger charge is -2.09. The molecule has 6 rings (SSSR count). The summed E-state index contributed by atoms with van der Waals surface area (Å²) in [7, 11) is 0. The van der Waals surface area contributed by atoms with Crippen LogP contribution in [0.2, 0.25) is 0 Å². The van der Waals surface area contributed by atoms with Crippen LogP contribution in [0.25, 0.3) is 32.8 Å². The summed E-state index contributed by atoms with van der Waals surface area (Å²) in [6.45, 7) is 0.490. The van der Waals surface area contributed by atoms with Crippen molar-refractivity contribution in [1.82, 2.24) is 20.2 Å². The zero-order valence-electron chi connectivity index (χ0n) is 18.1.